The van der Waals surface area contributed by atoms with E-state index in [-0.39, 0.29) is 38.6 Å². The van der Waals surface area contributed by atoms with Crippen LogP contribution in [0.5, 0.6) is 0 Å². The molecule has 0 amide bonds. The van der Waals surface area contributed by atoms with E-state index in [4.69, 9.17) is 18.9 Å². The molecular weight excluding hydrogens is 707 g/mol. The van der Waals surface area contributed by atoms with Crippen molar-refractivity contribution in [1.29, 1.82) is 0 Å². The summed E-state index contributed by atoms with van der Waals surface area (Å²) in [7, 11) is 5.92. The highest BCUT2D eigenvalue weighted by molar-refractivity contribution is 5.71. The molecule has 0 aliphatic rings. The molecule has 318 valence electrons. The Bertz CT molecular complexity index is 1190. The molecule has 0 rings (SSSR count). The predicted octanol–water partition coefficient (Wildman–Crippen LogP) is 10.9. The van der Waals surface area contributed by atoms with Crippen LogP contribution in [0.1, 0.15) is 136 Å². The number of allylic oxidation sites excluding steroid dienone is 14. The van der Waals surface area contributed by atoms with E-state index in [2.05, 4.69) is 92.8 Å². The topological polar surface area (TPSA) is 108 Å². The number of esters is 2. The van der Waals surface area contributed by atoms with Gasteiger partial charge in [-0.1, -0.05) is 144 Å². The molecule has 0 aromatic heterocycles. The number of aliphatic carboxylic acids is 1. The fourth-order valence-electron chi connectivity index (χ4n) is 5.12. The van der Waals surface area contributed by atoms with Crippen molar-refractivity contribution < 1.29 is 42.9 Å². The van der Waals surface area contributed by atoms with Crippen molar-refractivity contribution in [3.63, 3.8) is 0 Å². The summed E-state index contributed by atoms with van der Waals surface area (Å²) in [5.41, 5.74) is 0. The van der Waals surface area contributed by atoms with E-state index >= 15 is 0 Å². The molecule has 0 saturated heterocycles. The summed E-state index contributed by atoms with van der Waals surface area (Å²) < 4.78 is 22.5. The van der Waals surface area contributed by atoms with Crippen molar-refractivity contribution in [3.8, 4) is 0 Å². The molecule has 9 nitrogen and oxygen atoms in total. The number of rotatable bonds is 37. The monoisotopic (exact) mass is 785 g/mol. The molecule has 2 unspecified atom stereocenters. The summed E-state index contributed by atoms with van der Waals surface area (Å²) in [6.07, 6.45) is 45.2. The number of quaternary nitrogens is 1. The third-order valence-corrected chi connectivity index (χ3v) is 8.42. The summed E-state index contributed by atoms with van der Waals surface area (Å²) in [5.74, 6) is -2.11. The maximum Gasteiger partial charge on any atom is 0.361 e. The molecule has 2 atom stereocenters. The van der Waals surface area contributed by atoms with E-state index < -0.39 is 24.3 Å². The maximum absolute atomic E-state index is 12.7. The molecule has 0 aliphatic carbocycles. The molecule has 56 heavy (non-hydrogen) atoms. The Morgan fingerprint density at radius 1 is 0.554 bits per heavy atom. The van der Waals surface area contributed by atoms with Gasteiger partial charge in [0.1, 0.15) is 13.2 Å². The number of carbonyl (C=O) groups excluding carboxylic acids is 2. The largest absolute Gasteiger partial charge is 0.477 e. The van der Waals surface area contributed by atoms with Crippen LogP contribution >= 0.6 is 0 Å². The predicted molar refractivity (Wildman–Crippen MR) is 230 cm³/mol. The summed E-state index contributed by atoms with van der Waals surface area (Å²) in [5, 5.41) is 9.59. The summed E-state index contributed by atoms with van der Waals surface area (Å²) in [4.78, 5) is 36.9. The Morgan fingerprint density at radius 3 is 1.50 bits per heavy atom. The van der Waals surface area contributed by atoms with Crippen molar-refractivity contribution in [2.45, 2.75) is 148 Å². The van der Waals surface area contributed by atoms with Crippen LogP contribution in [0.3, 0.4) is 0 Å². The lowest BCUT2D eigenvalue weighted by atomic mass is 10.1. The van der Waals surface area contributed by atoms with Gasteiger partial charge >= 0.3 is 17.9 Å². The van der Waals surface area contributed by atoms with Crippen molar-refractivity contribution in [1.82, 2.24) is 0 Å². The zero-order valence-corrected chi connectivity index (χ0v) is 35.8. The SMILES string of the molecule is CC/C=C\C/C=C\C/C=C\C/C=C\C/C=C\C/C=C\C/C=C\CCCC(=O)OC(COC(=O)CCCCCCCCCC)COC(OCC[N+](C)(C)C)C(=O)O. The van der Waals surface area contributed by atoms with E-state index in [1.165, 1.54) is 32.1 Å². The van der Waals surface area contributed by atoms with Crippen LogP contribution in [0.25, 0.3) is 0 Å². The lowest BCUT2D eigenvalue weighted by molar-refractivity contribution is -0.870. The van der Waals surface area contributed by atoms with Gasteiger partial charge in [-0.05, 0) is 64.2 Å². The number of unbranched alkanes of at least 4 members (excludes halogenated alkanes) is 8. The minimum Gasteiger partial charge on any atom is -0.477 e. The van der Waals surface area contributed by atoms with Crippen molar-refractivity contribution in [2.24, 2.45) is 0 Å². The zero-order valence-electron chi connectivity index (χ0n) is 35.8. The molecule has 0 fully saturated rings. The van der Waals surface area contributed by atoms with Gasteiger partial charge in [-0.3, -0.25) is 9.59 Å². The number of hydrogen-bond donors (Lipinski definition) is 1. The first-order valence-corrected chi connectivity index (χ1v) is 21.3. The third-order valence-electron chi connectivity index (χ3n) is 8.42. The van der Waals surface area contributed by atoms with Crippen LogP contribution < -0.4 is 0 Å². The van der Waals surface area contributed by atoms with Gasteiger partial charge in [-0.2, -0.15) is 0 Å². The Balaban J connectivity index is 4.52. The third kappa shape index (κ3) is 38.7. The lowest BCUT2D eigenvalue weighted by Gasteiger charge is -2.25. The van der Waals surface area contributed by atoms with Gasteiger partial charge in [0.2, 0.25) is 0 Å². The molecule has 0 saturated carbocycles. The van der Waals surface area contributed by atoms with Gasteiger partial charge < -0.3 is 28.5 Å². The van der Waals surface area contributed by atoms with Crippen LogP contribution in [0.4, 0.5) is 0 Å². The fraction of sp³-hybridized carbons (Fsp3) is 0.638. The number of ether oxygens (including phenoxy) is 4. The average Bonchev–Trinajstić information content (AvgIpc) is 3.15. The van der Waals surface area contributed by atoms with Crippen LogP contribution in [0.2, 0.25) is 0 Å². The Labute approximate surface area is 340 Å². The number of hydrogen-bond acceptors (Lipinski definition) is 7. The Morgan fingerprint density at radius 2 is 1.02 bits per heavy atom. The molecule has 9 heteroatoms. The number of carboxylic acids is 1. The highest BCUT2D eigenvalue weighted by Gasteiger charge is 2.25. The Hall–Kier alpha value is -3.53. The maximum atomic E-state index is 12.7. The minimum absolute atomic E-state index is 0.173. The van der Waals surface area contributed by atoms with Gasteiger partial charge in [0.25, 0.3) is 6.29 Å². The number of carbonyl (C=O) groups is 3. The first kappa shape index (κ1) is 52.5. The molecular formula is C47H78NO8+. The fourth-order valence-corrected chi connectivity index (χ4v) is 5.12. The zero-order chi connectivity index (χ0) is 41.4. The van der Waals surface area contributed by atoms with Crippen molar-refractivity contribution >= 4 is 17.9 Å². The number of likely N-dealkylation sites (N-methyl/N-ethyl adjacent to an activating group) is 1. The van der Waals surface area contributed by atoms with Gasteiger partial charge in [-0.15, -0.1) is 0 Å². The average molecular weight is 785 g/mol. The summed E-state index contributed by atoms with van der Waals surface area (Å²) in [6, 6.07) is 0. The molecule has 0 spiro atoms. The molecule has 0 heterocycles. The van der Waals surface area contributed by atoms with Crippen molar-refractivity contribution in [2.75, 3.05) is 47.5 Å². The second-order valence-corrected chi connectivity index (χ2v) is 14.9. The van der Waals surface area contributed by atoms with Crippen LogP contribution in [0, 0.1) is 0 Å². The first-order valence-electron chi connectivity index (χ1n) is 21.3. The first-order chi connectivity index (χ1) is 27.1. The van der Waals surface area contributed by atoms with E-state index in [9.17, 15) is 19.5 Å². The van der Waals surface area contributed by atoms with Crippen molar-refractivity contribution in [3.05, 3.63) is 85.1 Å². The van der Waals surface area contributed by atoms with Gasteiger partial charge in [0.15, 0.2) is 6.10 Å². The van der Waals surface area contributed by atoms with Gasteiger partial charge in [0, 0.05) is 12.8 Å². The quantitative estimate of drug-likeness (QED) is 0.0218. The number of carboxylic acid groups (broad SMARTS) is 1. The standard InChI is InChI=1S/C47H77NO8/c1-6-8-10-12-14-16-17-18-19-20-21-22-23-24-25-26-27-28-29-30-32-34-36-38-45(50)56-43(42-55-47(46(51)52)53-40-39-48(3,4)5)41-54-44(49)37-35-33-31-15-13-11-9-7-2/h8,10,14,16,18-19,21-22,24-25,27-28,30,32,43,47H,6-7,9,11-13,15,17,20,23,26,29,31,33-42H2,1-5H3/p+1/b10-8-,16-14-,19-18-,22-21-,25-24-,28-27-,32-30-. The second kappa shape index (κ2) is 38.3. The molecule has 0 aromatic rings. The normalized spacial score (nSPS) is 13.8. The smallest absolute Gasteiger partial charge is 0.361 e. The molecule has 0 radical (unpaired) electrons. The second-order valence-electron chi connectivity index (χ2n) is 14.9. The summed E-state index contributed by atoms with van der Waals surface area (Å²) >= 11 is 0. The summed E-state index contributed by atoms with van der Waals surface area (Å²) in [6.45, 7) is 4.62. The van der Waals surface area contributed by atoms with E-state index in [0.717, 1.165) is 64.2 Å². The lowest BCUT2D eigenvalue weighted by Crippen LogP contribution is -2.40. The van der Waals surface area contributed by atoms with Crippen LogP contribution in [-0.2, 0) is 33.3 Å². The van der Waals surface area contributed by atoms with Gasteiger partial charge in [0.05, 0.1) is 34.4 Å². The highest BCUT2D eigenvalue weighted by Crippen LogP contribution is 2.11. The van der Waals surface area contributed by atoms with E-state index in [1.54, 1.807) is 0 Å². The van der Waals surface area contributed by atoms with E-state index in [1.807, 2.05) is 27.2 Å². The molecule has 0 aliphatic heterocycles. The molecule has 0 bridgehead atoms. The van der Waals surface area contributed by atoms with Crippen LogP contribution in [-0.4, -0.2) is 87.4 Å². The minimum atomic E-state index is -1.53. The highest BCUT2D eigenvalue weighted by atomic mass is 16.7. The molecule has 1 N–H and O–H groups in total. The molecule has 0 aromatic carbocycles. The number of nitrogens with zero attached hydrogens (tertiary/aromatic N) is 1. The van der Waals surface area contributed by atoms with E-state index in [0.29, 0.717) is 23.9 Å². The van der Waals surface area contributed by atoms with Gasteiger partial charge in [-0.25, -0.2) is 4.79 Å². The van der Waals surface area contributed by atoms with Crippen LogP contribution in [0.15, 0.2) is 85.1 Å². The Kier molecular flexibility index (Phi) is 35.9.